The number of urea groups is 1. The molecule has 3 aromatic rings. The molecule has 2 N–H and O–H groups in total. The van der Waals surface area contributed by atoms with Crippen molar-refractivity contribution in [3.05, 3.63) is 75.5 Å². The van der Waals surface area contributed by atoms with E-state index in [1.165, 1.54) is 6.20 Å². The molecule has 0 unspecified atom stereocenters. The molecule has 1 aliphatic heterocycles. The average molecular weight is 425 g/mol. The highest BCUT2D eigenvalue weighted by atomic mass is 35.5. The lowest BCUT2D eigenvalue weighted by molar-refractivity contribution is 0.0761. The molecule has 1 fully saturated rings. The Morgan fingerprint density at radius 1 is 0.967 bits per heavy atom. The van der Waals surface area contributed by atoms with Gasteiger partial charge in [-0.3, -0.25) is 9.59 Å². The molecule has 2 aromatic carbocycles. The van der Waals surface area contributed by atoms with Crippen LogP contribution in [0.4, 0.5) is 10.5 Å². The molecule has 0 radical (unpaired) electrons. The number of carbonyl (C=O) groups is 2. The zero-order chi connectivity index (χ0) is 21.1. The number of hydrogen-bond acceptors (Lipinski definition) is 3. The van der Waals surface area contributed by atoms with Crippen molar-refractivity contribution >= 4 is 40.1 Å². The number of amides is 3. The maximum absolute atomic E-state index is 13.0. The number of fused-ring (bicyclic) bond motifs is 1. The fourth-order valence-electron chi connectivity index (χ4n) is 3.59. The van der Waals surface area contributed by atoms with Crippen molar-refractivity contribution in [1.82, 2.24) is 14.8 Å². The third-order valence-electron chi connectivity index (χ3n) is 5.16. The van der Waals surface area contributed by atoms with Crippen LogP contribution in [0.5, 0.6) is 0 Å². The van der Waals surface area contributed by atoms with E-state index in [1.54, 1.807) is 52.3 Å². The molecule has 0 spiro atoms. The van der Waals surface area contributed by atoms with Crippen LogP contribution in [0.1, 0.15) is 16.8 Å². The van der Waals surface area contributed by atoms with Crippen LogP contribution >= 0.6 is 11.6 Å². The first-order valence-electron chi connectivity index (χ1n) is 9.74. The van der Waals surface area contributed by atoms with Gasteiger partial charge < -0.3 is 20.1 Å². The predicted octanol–water partition coefficient (Wildman–Crippen LogP) is 3.56. The van der Waals surface area contributed by atoms with E-state index in [1.807, 2.05) is 6.07 Å². The molecule has 0 aliphatic carbocycles. The number of carbonyl (C=O) groups excluding carboxylic acids is 2. The van der Waals surface area contributed by atoms with Gasteiger partial charge in [-0.15, -0.1) is 0 Å². The number of benzene rings is 2. The summed E-state index contributed by atoms with van der Waals surface area (Å²) in [5, 5.41) is 3.86. The average Bonchev–Trinajstić information content (AvgIpc) is 3.00. The molecular weight excluding hydrogens is 404 g/mol. The Hall–Kier alpha value is -3.32. The lowest BCUT2D eigenvalue weighted by atomic mass is 10.1. The largest absolute Gasteiger partial charge is 0.360 e. The van der Waals surface area contributed by atoms with Crippen molar-refractivity contribution in [2.75, 3.05) is 31.5 Å². The van der Waals surface area contributed by atoms with Crippen molar-refractivity contribution in [3.8, 4) is 0 Å². The third kappa shape index (κ3) is 4.16. The Balaban J connectivity index is 1.45. The summed E-state index contributed by atoms with van der Waals surface area (Å²) in [7, 11) is 0. The van der Waals surface area contributed by atoms with Crippen LogP contribution < -0.4 is 10.7 Å². The van der Waals surface area contributed by atoms with E-state index in [9.17, 15) is 14.4 Å². The molecule has 0 saturated carbocycles. The number of nitrogens with zero attached hydrogens (tertiary/aromatic N) is 2. The number of hydrogen-bond donors (Lipinski definition) is 2. The topological polar surface area (TPSA) is 85.5 Å². The molecular formula is C22H21ClN4O3. The summed E-state index contributed by atoms with van der Waals surface area (Å²) >= 11 is 5.96. The molecule has 1 saturated heterocycles. The molecule has 7 nitrogen and oxygen atoms in total. The molecule has 2 heterocycles. The van der Waals surface area contributed by atoms with E-state index in [0.717, 1.165) is 0 Å². The Morgan fingerprint density at radius 3 is 2.57 bits per heavy atom. The Morgan fingerprint density at radius 2 is 1.73 bits per heavy atom. The summed E-state index contributed by atoms with van der Waals surface area (Å²) in [5.41, 5.74) is 1.14. The Labute approximate surface area is 178 Å². The highest BCUT2D eigenvalue weighted by molar-refractivity contribution is 6.30. The Kier molecular flexibility index (Phi) is 5.72. The second-order valence-corrected chi connectivity index (χ2v) is 7.59. The second-order valence-electron chi connectivity index (χ2n) is 7.15. The summed E-state index contributed by atoms with van der Waals surface area (Å²) in [6.07, 6.45) is 2.10. The molecule has 0 bridgehead atoms. The lowest BCUT2D eigenvalue weighted by Crippen LogP contribution is -2.40. The summed E-state index contributed by atoms with van der Waals surface area (Å²) < 4.78 is 0. The predicted molar refractivity (Wildman–Crippen MR) is 117 cm³/mol. The highest BCUT2D eigenvalue weighted by Crippen LogP contribution is 2.16. The number of nitrogens with one attached hydrogen (secondary N) is 2. The minimum atomic E-state index is -0.320. The van der Waals surface area contributed by atoms with E-state index >= 15 is 0 Å². The molecule has 0 atom stereocenters. The van der Waals surface area contributed by atoms with E-state index in [-0.39, 0.29) is 22.9 Å². The van der Waals surface area contributed by atoms with Gasteiger partial charge in [0.25, 0.3) is 5.91 Å². The maximum Gasteiger partial charge on any atom is 0.321 e. The lowest BCUT2D eigenvalue weighted by Gasteiger charge is -2.22. The number of aromatic nitrogens is 1. The van der Waals surface area contributed by atoms with Crippen LogP contribution in [-0.2, 0) is 0 Å². The third-order valence-corrected chi connectivity index (χ3v) is 5.40. The number of H-pyrrole nitrogens is 1. The normalized spacial score (nSPS) is 14.4. The fourth-order valence-corrected chi connectivity index (χ4v) is 3.78. The monoisotopic (exact) mass is 424 g/mol. The zero-order valence-electron chi connectivity index (χ0n) is 16.2. The van der Waals surface area contributed by atoms with Crippen molar-refractivity contribution < 1.29 is 9.59 Å². The van der Waals surface area contributed by atoms with Gasteiger partial charge in [0.1, 0.15) is 5.56 Å². The number of halogens is 1. The summed E-state index contributed by atoms with van der Waals surface area (Å²) in [6.45, 7) is 1.73. The quantitative estimate of drug-likeness (QED) is 0.659. The van der Waals surface area contributed by atoms with Gasteiger partial charge in [-0.2, -0.15) is 0 Å². The van der Waals surface area contributed by atoms with E-state index in [2.05, 4.69) is 10.3 Å². The summed E-state index contributed by atoms with van der Waals surface area (Å²) in [5.74, 6) is -0.320. The number of rotatable bonds is 2. The molecule has 1 aromatic heterocycles. The first-order chi connectivity index (χ1) is 14.5. The maximum atomic E-state index is 13.0. The highest BCUT2D eigenvalue weighted by Gasteiger charge is 2.24. The zero-order valence-corrected chi connectivity index (χ0v) is 17.0. The van der Waals surface area contributed by atoms with Crippen LogP contribution in [0.2, 0.25) is 5.02 Å². The van der Waals surface area contributed by atoms with Crippen molar-refractivity contribution in [3.63, 3.8) is 0 Å². The smallest absolute Gasteiger partial charge is 0.321 e. The van der Waals surface area contributed by atoms with Crippen LogP contribution in [0.3, 0.4) is 0 Å². The standard InChI is InChI=1S/C22H21ClN4O3/c23-15-5-3-6-16(13-15)25-22(30)27-10-4-9-26(11-12-27)21(29)18-14-24-19-8-2-1-7-17(19)20(18)28/h1-3,5-8,13-14H,4,9-12H2,(H,24,28)(H,25,30). The van der Waals surface area contributed by atoms with Gasteiger partial charge in [0.15, 0.2) is 0 Å². The number of para-hydroxylation sites is 1. The van der Waals surface area contributed by atoms with Crippen LogP contribution in [0, 0.1) is 0 Å². The minimum Gasteiger partial charge on any atom is -0.360 e. The molecule has 1 aliphatic rings. The molecule has 8 heteroatoms. The van der Waals surface area contributed by atoms with Gasteiger partial charge >= 0.3 is 6.03 Å². The van der Waals surface area contributed by atoms with Gasteiger partial charge in [-0.1, -0.05) is 29.8 Å². The number of aromatic amines is 1. The Bertz CT molecular complexity index is 1160. The van der Waals surface area contributed by atoms with Gasteiger partial charge in [-0.05, 0) is 36.8 Å². The van der Waals surface area contributed by atoms with Gasteiger partial charge in [0, 0.05) is 54.0 Å². The molecule has 4 rings (SSSR count). The first kappa shape index (κ1) is 20.0. The molecule has 30 heavy (non-hydrogen) atoms. The van der Waals surface area contributed by atoms with Gasteiger partial charge in [0.2, 0.25) is 5.43 Å². The van der Waals surface area contributed by atoms with Crippen molar-refractivity contribution in [2.45, 2.75) is 6.42 Å². The minimum absolute atomic E-state index is 0.116. The van der Waals surface area contributed by atoms with Crippen LogP contribution in [0.25, 0.3) is 10.9 Å². The van der Waals surface area contributed by atoms with E-state index in [4.69, 9.17) is 11.6 Å². The number of anilines is 1. The van der Waals surface area contributed by atoms with Crippen molar-refractivity contribution in [2.24, 2.45) is 0 Å². The molecule has 3 amide bonds. The van der Waals surface area contributed by atoms with E-state index < -0.39 is 0 Å². The van der Waals surface area contributed by atoms with Crippen LogP contribution in [-0.4, -0.2) is 52.9 Å². The first-order valence-corrected chi connectivity index (χ1v) is 10.1. The van der Waals surface area contributed by atoms with Gasteiger partial charge in [-0.25, -0.2) is 4.79 Å². The van der Waals surface area contributed by atoms with Crippen LogP contribution in [0.15, 0.2) is 59.5 Å². The van der Waals surface area contributed by atoms with E-state index in [0.29, 0.717) is 54.2 Å². The fraction of sp³-hybridized carbons (Fsp3) is 0.227. The number of pyridine rings is 1. The summed E-state index contributed by atoms with van der Waals surface area (Å²) in [4.78, 5) is 44.7. The van der Waals surface area contributed by atoms with Crippen molar-refractivity contribution in [1.29, 1.82) is 0 Å². The SMILES string of the molecule is O=C(Nc1cccc(Cl)c1)N1CCCN(C(=O)c2c[nH]c3ccccc3c2=O)CC1. The summed E-state index contributed by atoms with van der Waals surface area (Å²) in [6, 6.07) is 13.8. The molecule has 154 valence electrons. The second kappa shape index (κ2) is 8.59. The van der Waals surface area contributed by atoms with Gasteiger partial charge in [0.05, 0.1) is 0 Å².